The van der Waals surface area contributed by atoms with Crippen LogP contribution in [0, 0.1) is 0 Å². The van der Waals surface area contributed by atoms with E-state index in [1.54, 1.807) is 0 Å². The van der Waals surface area contributed by atoms with Gasteiger partial charge < -0.3 is 19.1 Å². The number of aromatic nitrogens is 2. The molecule has 1 saturated heterocycles. The maximum Gasteiger partial charge on any atom is 0.265 e. The number of hydrogen-bond acceptors (Lipinski definition) is 8. The Morgan fingerprint density at radius 3 is 2.15 bits per heavy atom. The van der Waals surface area contributed by atoms with Gasteiger partial charge in [-0.15, -0.1) is 0 Å². The highest BCUT2D eigenvalue weighted by molar-refractivity contribution is 7.92. The molecule has 0 spiro atoms. The van der Waals surface area contributed by atoms with Crippen molar-refractivity contribution < 1.29 is 22.6 Å². The molecule has 0 saturated carbocycles. The lowest BCUT2D eigenvalue weighted by Gasteiger charge is -2.17. The summed E-state index contributed by atoms with van der Waals surface area (Å²) in [4.78, 5) is 10.5. The van der Waals surface area contributed by atoms with Gasteiger partial charge in [-0.05, 0) is 25.0 Å². The Morgan fingerprint density at radius 1 is 0.963 bits per heavy atom. The van der Waals surface area contributed by atoms with Gasteiger partial charge in [0, 0.05) is 13.1 Å². The summed E-state index contributed by atoms with van der Waals surface area (Å²) in [5.74, 6) is 1.22. The van der Waals surface area contributed by atoms with E-state index >= 15 is 0 Å². The zero-order chi connectivity index (χ0) is 19.4. The van der Waals surface area contributed by atoms with Gasteiger partial charge >= 0.3 is 0 Å². The number of nitrogens with one attached hydrogen (secondary N) is 1. The first-order valence-electron chi connectivity index (χ1n) is 8.39. The van der Waals surface area contributed by atoms with Crippen LogP contribution >= 0.6 is 0 Å². The molecule has 1 aromatic heterocycles. The Labute approximate surface area is 158 Å². The zero-order valence-electron chi connectivity index (χ0n) is 15.4. The second-order valence-corrected chi connectivity index (χ2v) is 7.55. The average Bonchev–Trinajstić information content (AvgIpc) is 3.21. The lowest BCUT2D eigenvalue weighted by Crippen LogP contribution is -2.20. The molecule has 2 aromatic rings. The highest BCUT2D eigenvalue weighted by atomic mass is 32.2. The third kappa shape index (κ3) is 3.85. The Morgan fingerprint density at radius 2 is 1.59 bits per heavy atom. The van der Waals surface area contributed by atoms with Crippen LogP contribution in [0.1, 0.15) is 12.8 Å². The molecular weight excluding hydrogens is 372 g/mol. The van der Waals surface area contributed by atoms with E-state index in [0.717, 1.165) is 25.9 Å². The van der Waals surface area contributed by atoms with E-state index in [4.69, 9.17) is 14.2 Å². The minimum Gasteiger partial charge on any atom is -0.493 e. The number of methoxy groups -OCH3 is 3. The van der Waals surface area contributed by atoms with Crippen LogP contribution in [-0.2, 0) is 10.0 Å². The van der Waals surface area contributed by atoms with Crippen molar-refractivity contribution in [1.82, 2.24) is 9.97 Å². The maximum atomic E-state index is 12.8. The highest BCUT2D eigenvalue weighted by Crippen LogP contribution is 2.42. The summed E-state index contributed by atoms with van der Waals surface area (Å²) < 4.78 is 43.8. The quantitative estimate of drug-likeness (QED) is 0.760. The molecule has 10 heteroatoms. The summed E-state index contributed by atoms with van der Waals surface area (Å²) >= 11 is 0. The maximum absolute atomic E-state index is 12.8. The summed E-state index contributed by atoms with van der Waals surface area (Å²) in [6, 6.07) is 2.89. The Balaban J connectivity index is 1.88. The highest BCUT2D eigenvalue weighted by Gasteiger charge is 2.26. The predicted octanol–water partition coefficient (Wildman–Crippen LogP) is 1.90. The minimum absolute atomic E-state index is 0.0546. The summed E-state index contributed by atoms with van der Waals surface area (Å²) in [5, 5.41) is 0. The van der Waals surface area contributed by atoms with Gasteiger partial charge in [0.2, 0.25) is 11.7 Å². The van der Waals surface area contributed by atoms with Crippen molar-refractivity contribution in [2.45, 2.75) is 17.7 Å². The number of sulfonamides is 1. The lowest BCUT2D eigenvalue weighted by atomic mass is 10.3. The predicted molar refractivity (Wildman–Crippen MR) is 100 cm³/mol. The first-order chi connectivity index (χ1) is 13.0. The third-order valence-electron chi connectivity index (χ3n) is 4.24. The monoisotopic (exact) mass is 394 g/mol. The molecule has 3 rings (SSSR count). The normalized spacial score (nSPS) is 14.1. The average molecular weight is 394 g/mol. The van der Waals surface area contributed by atoms with Crippen molar-refractivity contribution >= 4 is 21.7 Å². The van der Waals surface area contributed by atoms with Crippen LogP contribution < -0.4 is 23.8 Å². The van der Waals surface area contributed by atoms with Gasteiger partial charge in [-0.3, -0.25) is 4.72 Å². The fourth-order valence-electron chi connectivity index (χ4n) is 2.95. The molecule has 1 aliphatic rings. The number of ether oxygens (including phenoxy) is 3. The fourth-order valence-corrected chi connectivity index (χ4v) is 4.14. The van der Waals surface area contributed by atoms with Crippen molar-refractivity contribution in [3.8, 4) is 17.2 Å². The van der Waals surface area contributed by atoms with Crippen molar-refractivity contribution in [1.29, 1.82) is 0 Å². The molecule has 146 valence electrons. The van der Waals surface area contributed by atoms with Gasteiger partial charge in [0.1, 0.15) is 4.90 Å². The summed E-state index contributed by atoms with van der Waals surface area (Å²) in [7, 11) is 0.289. The van der Waals surface area contributed by atoms with Gasteiger partial charge in [0.15, 0.2) is 11.5 Å². The molecular formula is C17H22N4O5S. The molecule has 0 atom stereocenters. The third-order valence-corrected chi connectivity index (χ3v) is 5.64. The van der Waals surface area contributed by atoms with Crippen LogP contribution in [0.25, 0.3) is 0 Å². The number of hydrogen-bond donors (Lipinski definition) is 1. The van der Waals surface area contributed by atoms with Crippen LogP contribution in [0.3, 0.4) is 0 Å². The first-order valence-corrected chi connectivity index (χ1v) is 9.87. The molecule has 27 heavy (non-hydrogen) atoms. The number of rotatable bonds is 7. The van der Waals surface area contributed by atoms with E-state index in [-0.39, 0.29) is 22.1 Å². The standard InChI is InChI=1S/C17H22N4O5S/c1-24-13-6-7-14(16(26-3)15(13)25-2)27(22,23)20-12-10-18-17(19-11-12)21-8-4-5-9-21/h6-7,10-11,20H,4-5,8-9H2,1-3H3. The van der Waals surface area contributed by atoms with Crippen molar-refractivity contribution in [3.63, 3.8) is 0 Å². The van der Waals surface area contributed by atoms with E-state index in [1.165, 1.54) is 45.9 Å². The molecule has 0 unspecified atom stereocenters. The van der Waals surface area contributed by atoms with Gasteiger partial charge in [-0.25, -0.2) is 18.4 Å². The minimum atomic E-state index is -3.95. The number of anilines is 2. The molecule has 0 aliphatic carbocycles. The van der Waals surface area contributed by atoms with Crippen LogP contribution in [0.15, 0.2) is 29.4 Å². The first kappa shape index (κ1) is 19.0. The summed E-state index contributed by atoms with van der Waals surface area (Å²) in [6.07, 6.45) is 5.12. The topological polar surface area (TPSA) is 103 Å². The van der Waals surface area contributed by atoms with Gasteiger partial charge in [0.25, 0.3) is 10.0 Å². The van der Waals surface area contributed by atoms with Crippen molar-refractivity contribution in [3.05, 3.63) is 24.5 Å². The van der Waals surface area contributed by atoms with Gasteiger partial charge in [-0.1, -0.05) is 0 Å². The van der Waals surface area contributed by atoms with Crippen molar-refractivity contribution in [2.24, 2.45) is 0 Å². The molecule has 1 fully saturated rings. The molecule has 0 amide bonds. The molecule has 9 nitrogen and oxygen atoms in total. The van der Waals surface area contributed by atoms with Crippen molar-refractivity contribution in [2.75, 3.05) is 44.0 Å². The molecule has 1 aromatic carbocycles. The van der Waals surface area contributed by atoms with Crippen LogP contribution in [0.2, 0.25) is 0 Å². The van der Waals surface area contributed by atoms with E-state index in [2.05, 4.69) is 19.6 Å². The van der Waals surface area contributed by atoms with E-state index in [0.29, 0.717) is 11.7 Å². The molecule has 1 N–H and O–H groups in total. The van der Waals surface area contributed by atoms with Crippen LogP contribution in [0.5, 0.6) is 17.2 Å². The van der Waals surface area contributed by atoms with Crippen LogP contribution in [-0.4, -0.2) is 52.8 Å². The smallest absolute Gasteiger partial charge is 0.265 e. The zero-order valence-corrected chi connectivity index (χ0v) is 16.2. The van der Waals surface area contributed by atoms with Gasteiger partial charge in [0.05, 0.1) is 39.4 Å². The molecule has 1 aliphatic heterocycles. The summed E-state index contributed by atoms with van der Waals surface area (Å²) in [5.41, 5.74) is 0.259. The second kappa shape index (κ2) is 7.87. The van der Waals surface area contributed by atoms with Gasteiger partial charge in [-0.2, -0.15) is 0 Å². The number of benzene rings is 1. The van der Waals surface area contributed by atoms with Crippen LogP contribution in [0.4, 0.5) is 11.6 Å². The Hall–Kier alpha value is -2.75. The Kier molecular flexibility index (Phi) is 5.54. The lowest BCUT2D eigenvalue weighted by molar-refractivity contribution is 0.319. The SMILES string of the molecule is COc1ccc(S(=O)(=O)Nc2cnc(N3CCCC3)nc2)c(OC)c1OC. The molecule has 0 radical (unpaired) electrons. The van der Waals surface area contributed by atoms with E-state index < -0.39 is 10.0 Å². The second-order valence-electron chi connectivity index (χ2n) is 5.90. The van der Waals surface area contributed by atoms with E-state index in [1.807, 2.05) is 0 Å². The molecule has 2 heterocycles. The number of nitrogens with zero attached hydrogens (tertiary/aromatic N) is 3. The largest absolute Gasteiger partial charge is 0.493 e. The summed E-state index contributed by atoms with van der Waals surface area (Å²) in [6.45, 7) is 1.82. The molecule has 0 bridgehead atoms. The fraction of sp³-hybridized carbons (Fsp3) is 0.412. The van der Waals surface area contributed by atoms with E-state index in [9.17, 15) is 8.42 Å². The Bertz CT molecular complexity index is 896.